The SMILES string of the molecule is CC(CN1CCCC1)NC(=O)C1CNc2ccccc2C1. The third kappa shape index (κ3) is 3.56. The number of carbonyl (C=O) groups is 1. The minimum absolute atomic E-state index is 0.0425. The van der Waals surface area contributed by atoms with Crippen LogP contribution >= 0.6 is 0 Å². The molecular weight excluding hydrogens is 262 g/mol. The second kappa shape index (κ2) is 6.48. The average molecular weight is 287 g/mol. The van der Waals surface area contributed by atoms with Crippen molar-refractivity contribution in [2.75, 3.05) is 31.5 Å². The van der Waals surface area contributed by atoms with E-state index in [2.05, 4.69) is 34.6 Å². The van der Waals surface area contributed by atoms with Crippen LogP contribution in [0.25, 0.3) is 0 Å². The molecule has 1 aromatic rings. The fourth-order valence-corrected chi connectivity index (χ4v) is 3.39. The summed E-state index contributed by atoms with van der Waals surface area (Å²) < 4.78 is 0. The van der Waals surface area contributed by atoms with Crippen LogP contribution in [0.5, 0.6) is 0 Å². The lowest BCUT2D eigenvalue weighted by molar-refractivity contribution is -0.125. The molecule has 0 bridgehead atoms. The van der Waals surface area contributed by atoms with Gasteiger partial charge in [0.15, 0.2) is 0 Å². The molecule has 2 aliphatic heterocycles. The van der Waals surface area contributed by atoms with Crippen LogP contribution < -0.4 is 10.6 Å². The van der Waals surface area contributed by atoms with Gasteiger partial charge >= 0.3 is 0 Å². The molecule has 1 aromatic carbocycles. The van der Waals surface area contributed by atoms with Crippen molar-refractivity contribution in [3.8, 4) is 0 Å². The summed E-state index contributed by atoms with van der Waals surface area (Å²) in [4.78, 5) is 14.9. The van der Waals surface area contributed by atoms with Crippen molar-refractivity contribution >= 4 is 11.6 Å². The number of rotatable bonds is 4. The molecule has 0 aromatic heterocycles. The Balaban J connectivity index is 1.51. The average Bonchev–Trinajstić information content (AvgIpc) is 2.99. The van der Waals surface area contributed by atoms with Crippen molar-refractivity contribution in [1.82, 2.24) is 10.2 Å². The Morgan fingerprint density at radius 2 is 2.14 bits per heavy atom. The van der Waals surface area contributed by atoms with E-state index in [4.69, 9.17) is 0 Å². The van der Waals surface area contributed by atoms with Crippen molar-refractivity contribution in [3.63, 3.8) is 0 Å². The van der Waals surface area contributed by atoms with E-state index in [1.54, 1.807) is 0 Å². The van der Waals surface area contributed by atoms with Crippen LogP contribution in [0.3, 0.4) is 0 Å². The molecule has 2 N–H and O–H groups in total. The van der Waals surface area contributed by atoms with E-state index in [1.807, 2.05) is 12.1 Å². The summed E-state index contributed by atoms with van der Waals surface area (Å²) >= 11 is 0. The van der Waals surface area contributed by atoms with Gasteiger partial charge in [-0.1, -0.05) is 18.2 Å². The highest BCUT2D eigenvalue weighted by Crippen LogP contribution is 2.24. The molecule has 2 unspecified atom stereocenters. The van der Waals surface area contributed by atoms with E-state index >= 15 is 0 Å². The quantitative estimate of drug-likeness (QED) is 0.888. The van der Waals surface area contributed by atoms with Gasteiger partial charge in [0, 0.05) is 24.8 Å². The number of hydrogen-bond donors (Lipinski definition) is 2. The van der Waals surface area contributed by atoms with E-state index < -0.39 is 0 Å². The second-order valence-electron chi connectivity index (χ2n) is 6.36. The Labute approximate surface area is 126 Å². The lowest BCUT2D eigenvalue weighted by Gasteiger charge is -2.28. The standard InChI is InChI=1S/C17H25N3O/c1-13(12-20-8-4-5-9-20)19-17(21)15-10-14-6-2-3-7-16(14)18-11-15/h2-3,6-7,13,15,18H,4-5,8-12H2,1H3,(H,19,21). The maximum absolute atomic E-state index is 12.4. The third-order valence-corrected chi connectivity index (χ3v) is 4.51. The summed E-state index contributed by atoms with van der Waals surface area (Å²) in [7, 11) is 0. The molecule has 3 rings (SSSR count). The van der Waals surface area contributed by atoms with Gasteiger partial charge in [0.05, 0.1) is 5.92 Å². The van der Waals surface area contributed by atoms with Crippen molar-refractivity contribution in [1.29, 1.82) is 0 Å². The van der Waals surface area contributed by atoms with Gasteiger partial charge in [-0.2, -0.15) is 0 Å². The molecule has 2 heterocycles. The minimum atomic E-state index is 0.0425. The largest absolute Gasteiger partial charge is 0.384 e. The van der Waals surface area contributed by atoms with Crippen LogP contribution in [0.1, 0.15) is 25.3 Å². The number of fused-ring (bicyclic) bond motifs is 1. The van der Waals surface area contributed by atoms with E-state index in [0.717, 1.165) is 19.5 Å². The smallest absolute Gasteiger partial charge is 0.225 e. The number of amides is 1. The molecule has 1 amide bonds. The number of para-hydroxylation sites is 1. The van der Waals surface area contributed by atoms with Crippen molar-refractivity contribution in [3.05, 3.63) is 29.8 Å². The summed E-state index contributed by atoms with van der Waals surface area (Å²) in [5.41, 5.74) is 2.42. The number of carbonyl (C=O) groups excluding carboxylic acids is 1. The normalized spacial score (nSPS) is 23.2. The molecular formula is C17H25N3O. The molecule has 21 heavy (non-hydrogen) atoms. The summed E-state index contributed by atoms with van der Waals surface area (Å²) in [6.07, 6.45) is 3.43. The van der Waals surface area contributed by atoms with E-state index in [9.17, 15) is 4.79 Å². The van der Waals surface area contributed by atoms with Crippen LogP contribution in [-0.2, 0) is 11.2 Å². The first-order valence-corrected chi connectivity index (χ1v) is 8.07. The maximum atomic E-state index is 12.4. The Kier molecular flexibility index (Phi) is 4.44. The maximum Gasteiger partial charge on any atom is 0.225 e. The third-order valence-electron chi connectivity index (χ3n) is 4.51. The Hall–Kier alpha value is -1.55. The van der Waals surface area contributed by atoms with Crippen LogP contribution in [-0.4, -0.2) is 43.0 Å². The first kappa shape index (κ1) is 14.4. The van der Waals surface area contributed by atoms with Gasteiger partial charge in [0.2, 0.25) is 5.91 Å². The molecule has 0 spiro atoms. The van der Waals surface area contributed by atoms with Gasteiger partial charge < -0.3 is 15.5 Å². The molecule has 2 aliphatic rings. The molecule has 0 aliphatic carbocycles. The number of likely N-dealkylation sites (tertiary alicyclic amines) is 1. The van der Waals surface area contributed by atoms with Crippen LogP contribution in [0.4, 0.5) is 5.69 Å². The fourth-order valence-electron chi connectivity index (χ4n) is 3.39. The van der Waals surface area contributed by atoms with Crippen LogP contribution in [0.2, 0.25) is 0 Å². The number of nitrogens with one attached hydrogen (secondary N) is 2. The number of hydrogen-bond acceptors (Lipinski definition) is 3. The molecule has 4 nitrogen and oxygen atoms in total. The Bertz CT molecular complexity index is 497. The van der Waals surface area contributed by atoms with Crippen LogP contribution in [0.15, 0.2) is 24.3 Å². The summed E-state index contributed by atoms with van der Waals surface area (Å²) in [6.45, 7) is 6.18. The van der Waals surface area contributed by atoms with E-state index in [0.29, 0.717) is 0 Å². The van der Waals surface area contributed by atoms with E-state index in [-0.39, 0.29) is 17.9 Å². The topological polar surface area (TPSA) is 44.4 Å². The summed E-state index contributed by atoms with van der Waals surface area (Å²) in [5.74, 6) is 0.227. The molecule has 4 heteroatoms. The van der Waals surface area contributed by atoms with Gasteiger partial charge in [-0.15, -0.1) is 0 Å². The molecule has 2 atom stereocenters. The molecule has 0 saturated carbocycles. The number of benzene rings is 1. The van der Waals surface area contributed by atoms with Crippen molar-refractivity contribution < 1.29 is 4.79 Å². The van der Waals surface area contributed by atoms with Gasteiger partial charge in [-0.3, -0.25) is 4.79 Å². The zero-order chi connectivity index (χ0) is 14.7. The Morgan fingerprint density at radius 1 is 1.38 bits per heavy atom. The lowest BCUT2D eigenvalue weighted by atomic mass is 9.93. The first-order valence-electron chi connectivity index (χ1n) is 8.07. The van der Waals surface area contributed by atoms with Crippen molar-refractivity contribution in [2.45, 2.75) is 32.2 Å². The summed E-state index contributed by atoms with van der Waals surface area (Å²) in [5, 5.41) is 6.56. The molecule has 1 saturated heterocycles. The Morgan fingerprint density at radius 3 is 2.95 bits per heavy atom. The molecule has 1 fully saturated rings. The van der Waals surface area contributed by atoms with Crippen molar-refractivity contribution in [2.24, 2.45) is 5.92 Å². The zero-order valence-corrected chi connectivity index (χ0v) is 12.8. The summed E-state index contributed by atoms with van der Waals surface area (Å²) in [6, 6.07) is 8.49. The molecule has 0 radical (unpaired) electrons. The van der Waals surface area contributed by atoms with Crippen LogP contribution in [0, 0.1) is 5.92 Å². The first-order chi connectivity index (χ1) is 10.2. The second-order valence-corrected chi connectivity index (χ2v) is 6.36. The fraction of sp³-hybridized carbons (Fsp3) is 0.588. The predicted molar refractivity (Wildman–Crippen MR) is 85.4 cm³/mol. The van der Waals surface area contributed by atoms with Gasteiger partial charge in [0.25, 0.3) is 0 Å². The van der Waals surface area contributed by atoms with Gasteiger partial charge in [-0.25, -0.2) is 0 Å². The highest BCUT2D eigenvalue weighted by atomic mass is 16.2. The molecule has 114 valence electrons. The highest BCUT2D eigenvalue weighted by molar-refractivity contribution is 5.81. The monoisotopic (exact) mass is 287 g/mol. The lowest BCUT2D eigenvalue weighted by Crippen LogP contribution is -2.46. The minimum Gasteiger partial charge on any atom is -0.384 e. The number of nitrogens with zero attached hydrogens (tertiary/aromatic N) is 1. The van der Waals surface area contributed by atoms with Gasteiger partial charge in [-0.05, 0) is 50.9 Å². The number of anilines is 1. The van der Waals surface area contributed by atoms with Gasteiger partial charge in [0.1, 0.15) is 0 Å². The predicted octanol–water partition coefficient (Wildman–Crippen LogP) is 1.87. The highest BCUT2D eigenvalue weighted by Gasteiger charge is 2.25. The van der Waals surface area contributed by atoms with E-state index in [1.165, 1.54) is 37.2 Å². The zero-order valence-electron chi connectivity index (χ0n) is 12.8.